The number of nitrogens with two attached hydrogens (primary N) is 1. The molecule has 1 atom stereocenters. The Morgan fingerprint density at radius 1 is 1.42 bits per heavy atom. The van der Waals surface area contributed by atoms with Gasteiger partial charge in [0, 0.05) is 24.8 Å². The molecule has 1 spiro atoms. The van der Waals surface area contributed by atoms with Crippen LogP contribution in [0.2, 0.25) is 0 Å². The number of hydrogen-bond donors (Lipinski definition) is 2. The number of amidine groups is 1. The summed E-state index contributed by atoms with van der Waals surface area (Å²) in [6.07, 6.45) is 0.394. The van der Waals surface area contributed by atoms with Gasteiger partial charge in [-0.25, -0.2) is 8.42 Å². The van der Waals surface area contributed by atoms with Gasteiger partial charge >= 0.3 is 0 Å². The summed E-state index contributed by atoms with van der Waals surface area (Å²) in [5.74, 6) is 0.177. The number of anilines is 1. The van der Waals surface area contributed by atoms with E-state index in [1.807, 2.05) is 0 Å². The number of sulfone groups is 1. The number of ether oxygens (including phenoxy) is 2. The number of rotatable bonds is 3. The number of nitrogens with zero attached hydrogens (tertiary/aromatic N) is 1. The van der Waals surface area contributed by atoms with Gasteiger partial charge in [-0.1, -0.05) is 0 Å². The van der Waals surface area contributed by atoms with Crippen LogP contribution in [0.3, 0.4) is 0 Å². The van der Waals surface area contributed by atoms with Gasteiger partial charge in [0.2, 0.25) is 5.91 Å². The Hall–Kier alpha value is -2.13. The van der Waals surface area contributed by atoms with Crippen molar-refractivity contribution >= 4 is 27.3 Å². The molecular formula is C17H23N3O5S. The topological polar surface area (TPSA) is 120 Å². The first-order chi connectivity index (χ1) is 12.1. The van der Waals surface area contributed by atoms with E-state index >= 15 is 0 Å². The lowest BCUT2D eigenvalue weighted by atomic mass is 9.85. The second kappa shape index (κ2) is 6.24. The summed E-state index contributed by atoms with van der Waals surface area (Å²) in [5.41, 5.74) is 6.18. The fourth-order valence-corrected chi connectivity index (χ4v) is 4.93. The van der Waals surface area contributed by atoms with Crippen molar-refractivity contribution in [2.45, 2.75) is 30.6 Å². The number of carbonyl (C=O) groups is 1. The molecule has 8 nitrogen and oxygen atoms in total. The fourth-order valence-electron chi connectivity index (χ4n) is 3.21. The Bertz CT molecular complexity index is 878. The van der Waals surface area contributed by atoms with Crippen molar-refractivity contribution in [3.8, 4) is 5.75 Å². The van der Waals surface area contributed by atoms with Gasteiger partial charge in [0.15, 0.2) is 9.84 Å². The third kappa shape index (κ3) is 2.95. The molecule has 0 radical (unpaired) electrons. The van der Waals surface area contributed by atoms with Crippen LogP contribution in [0.15, 0.2) is 23.2 Å². The molecule has 0 saturated carbocycles. The summed E-state index contributed by atoms with van der Waals surface area (Å²) in [6, 6.07) is 5.10. The molecule has 1 aromatic carbocycles. The molecule has 0 bridgehead atoms. The van der Waals surface area contributed by atoms with Gasteiger partial charge < -0.3 is 20.5 Å². The van der Waals surface area contributed by atoms with Crippen molar-refractivity contribution in [2.75, 3.05) is 31.4 Å². The zero-order valence-electron chi connectivity index (χ0n) is 15.0. The monoisotopic (exact) mass is 381 g/mol. The van der Waals surface area contributed by atoms with Crippen LogP contribution in [0.5, 0.6) is 5.75 Å². The normalized spacial score (nSPS) is 25.7. The maximum Gasteiger partial charge on any atom is 0.250 e. The van der Waals surface area contributed by atoms with Crippen LogP contribution in [-0.2, 0) is 24.9 Å². The Labute approximate surface area is 152 Å². The van der Waals surface area contributed by atoms with Crippen LogP contribution in [0.25, 0.3) is 0 Å². The summed E-state index contributed by atoms with van der Waals surface area (Å²) < 4.78 is 35.0. The summed E-state index contributed by atoms with van der Waals surface area (Å²) in [6.45, 7) is 3.40. The molecule has 142 valence electrons. The fraction of sp³-hybridized carbons (Fsp3) is 0.529. The van der Waals surface area contributed by atoms with E-state index in [4.69, 9.17) is 15.2 Å². The maximum absolute atomic E-state index is 12.9. The van der Waals surface area contributed by atoms with Crippen molar-refractivity contribution in [1.29, 1.82) is 0 Å². The van der Waals surface area contributed by atoms with Crippen LogP contribution in [0.1, 0.15) is 25.8 Å². The first-order valence-electron chi connectivity index (χ1n) is 8.25. The van der Waals surface area contributed by atoms with E-state index in [9.17, 15) is 13.2 Å². The minimum Gasteiger partial charge on any atom is -0.493 e. The number of aliphatic imine (C=N–C) groups is 1. The van der Waals surface area contributed by atoms with Crippen molar-refractivity contribution in [3.63, 3.8) is 0 Å². The Morgan fingerprint density at radius 2 is 2.15 bits per heavy atom. The molecule has 1 unspecified atom stereocenters. The predicted molar refractivity (Wildman–Crippen MR) is 98.2 cm³/mol. The number of carbonyl (C=O) groups excluding carboxylic acids is 1. The quantitative estimate of drug-likeness (QED) is 0.800. The molecule has 0 aromatic heterocycles. The molecule has 2 aliphatic heterocycles. The van der Waals surface area contributed by atoms with E-state index in [0.29, 0.717) is 30.0 Å². The molecule has 2 heterocycles. The van der Waals surface area contributed by atoms with Crippen molar-refractivity contribution < 1.29 is 22.7 Å². The van der Waals surface area contributed by atoms with Gasteiger partial charge in [-0.05, 0) is 32.0 Å². The Kier molecular flexibility index (Phi) is 4.48. The standard InChI is InChI=1S/C17H23N3O5S/c1-16(2)15(18)20-17(10-26(16,22)23)6-7-25-13-5-4-11(8-12(13)17)19-14(21)9-24-3/h4-5,8H,6-7,9-10H2,1-3H3,(H2,18,20)(H,19,21). The molecule has 0 saturated heterocycles. The smallest absolute Gasteiger partial charge is 0.250 e. The van der Waals surface area contributed by atoms with Gasteiger partial charge in [0.1, 0.15) is 28.5 Å². The summed E-state index contributed by atoms with van der Waals surface area (Å²) in [7, 11) is -2.09. The minimum atomic E-state index is -3.52. The number of fused-ring (bicyclic) bond motifs is 2. The van der Waals surface area contributed by atoms with Crippen LogP contribution >= 0.6 is 0 Å². The highest BCUT2D eigenvalue weighted by Crippen LogP contribution is 2.46. The molecule has 9 heteroatoms. The van der Waals surface area contributed by atoms with Crippen molar-refractivity contribution in [1.82, 2.24) is 0 Å². The SMILES string of the molecule is COCC(=O)Nc1ccc2c(c1)C1(CCO2)CS(=O)(=O)C(C)(C)C(N)=N1. The number of benzene rings is 1. The van der Waals surface area contributed by atoms with Gasteiger partial charge in [0.25, 0.3) is 0 Å². The summed E-state index contributed by atoms with van der Waals surface area (Å²) in [5, 5.41) is 2.71. The van der Waals surface area contributed by atoms with E-state index in [0.717, 1.165) is 0 Å². The molecular weight excluding hydrogens is 358 g/mol. The van der Waals surface area contributed by atoms with Crippen molar-refractivity contribution in [3.05, 3.63) is 23.8 Å². The molecule has 0 aliphatic carbocycles. The minimum absolute atomic E-state index is 0.0770. The largest absolute Gasteiger partial charge is 0.493 e. The third-order valence-electron chi connectivity index (χ3n) is 4.97. The van der Waals surface area contributed by atoms with Crippen LogP contribution in [-0.4, -0.2) is 51.0 Å². The highest BCUT2D eigenvalue weighted by Gasteiger charge is 2.52. The Morgan fingerprint density at radius 3 is 2.81 bits per heavy atom. The van der Waals surface area contributed by atoms with E-state index < -0.39 is 20.1 Å². The molecule has 1 aromatic rings. The first-order valence-corrected chi connectivity index (χ1v) is 9.91. The molecule has 3 N–H and O–H groups in total. The van der Waals surface area contributed by atoms with Crippen LogP contribution in [0, 0.1) is 0 Å². The molecule has 1 amide bonds. The van der Waals surface area contributed by atoms with Gasteiger partial charge in [-0.2, -0.15) is 0 Å². The molecule has 2 aliphatic rings. The molecule has 0 fully saturated rings. The second-order valence-corrected chi connectivity index (χ2v) is 9.63. The Balaban J connectivity index is 2.08. The van der Waals surface area contributed by atoms with Crippen molar-refractivity contribution in [2.24, 2.45) is 10.7 Å². The molecule has 26 heavy (non-hydrogen) atoms. The van der Waals surface area contributed by atoms with E-state index in [2.05, 4.69) is 10.3 Å². The number of hydrogen-bond acceptors (Lipinski definition) is 7. The lowest BCUT2D eigenvalue weighted by Gasteiger charge is -2.42. The zero-order valence-corrected chi connectivity index (χ0v) is 15.9. The number of nitrogens with one attached hydrogen (secondary N) is 1. The maximum atomic E-state index is 12.9. The van der Waals surface area contributed by atoms with Crippen LogP contribution in [0.4, 0.5) is 5.69 Å². The lowest BCUT2D eigenvalue weighted by Crippen LogP contribution is -2.56. The zero-order chi connectivity index (χ0) is 19.2. The van der Waals surface area contributed by atoms with Gasteiger partial charge in [0.05, 0.1) is 12.4 Å². The number of amides is 1. The first kappa shape index (κ1) is 18.7. The second-order valence-electron chi connectivity index (χ2n) is 7.09. The summed E-state index contributed by atoms with van der Waals surface area (Å²) in [4.78, 5) is 16.4. The predicted octanol–water partition coefficient (Wildman–Crippen LogP) is 0.813. The average molecular weight is 381 g/mol. The summed E-state index contributed by atoms with van der Waals surface area (Å²) >= 11 is 0. The number of methoxy groups -OCH3 is 1. The van der Waals surface area contributed by atoms with Crippen LogP contribution < -0.4 is 15.8 Å². The molecule has 3 rings (SSSR count). The van der Waals surface area contributed by atoms with Gasteiger partial charge in [-0.3, -0.25) is 9.79 Å². The van der Waals surface area contributed by atoms with E-state index in [-0.39, 0.29) is 24.1 Å². The lowest BCUT2D eigenvalue weighted by molar-refractivity contribution is -0.119. The highest BCUT2D eigenvalue weighted by atomic mass is 32.2. The van der Waals surface area contributed by atoms with E-state index in [1.54, 1.807) is 32.0 Å². The average Bonchev–Trinajstić information content (AvgIpc) is 2.54. The van der Waals surface area contributed by atoms with Gasteiger partial charge in [-0.15, -0.1) is 0 Å². The van der Waals surface area contributed by atoms with E-state index in [1.165, 1.54) is 7.11 Å². The third-order valence-corrected chi connectivity index (χ3v) is 7.59. The highest BCUT2D eigenvalue weighted by molar-refractivity contribution is 7.93.